The molecule has 0 spiro atoms. The van der Waals surface area contributed by atoms with Crippen LogP contribution in [0, 0.1) is 24.4 Å². The van der Waals surface area contributed by atoms with Crippen molar-refractivity contribution in [1.29, 1.82) is 0 Å². The van der Waals surface area contributed by atoms with Crippen molar-refractivity contribution >= 4 is 16.9 Å². The molecule has 0 radical (unpaired) electrons. The van der Waals surface area contributed by atoms with Crippen molar-refractivity contribution in [3.63, 3.8) is 0 Å². The van der Waals surface area contributed by atoms with Crippen molar-refractivity contribution in [2.75, 3.05) is 0 Å². The highest BCUT2D eigenvalue weighted by molar-refractivity contribution is 5.96. The van der Waals surface area contributed by atoms with E-state index in [-0.39, 0.29) is 34.4 Å². The zero-order chi connectivity index (χ0) is 27.1. The predicted octanol–water partition coefficient (Wildman–Crippen LogP) is 3.89. The number of benzene rings is 2. The number of pyridine rings is 1. The number of phenols is 1. The highest BCUT2D eigenvalue weighted by Crippen LogP contribution is 2.28. The van der Waals surface area contributed by atoms with Crippen molar-refractivity contribution in [2.24, 2.45) is 0 Å². The van der Waals surface area contributed by atoms with E-state index in [1.165, 1.54) is 12.1 Å². The van der Waals surface area contributed by atoms with Crippen molar-refractivity contribution in [3.05, 3.63) is 98.1 Å². The summed E-state index contributed by atoms with van der Waals surface area (Å²) in [6, 6.07) is 7.67. The van der Waals surface area contributed by atoms with Crippen LogP contribution in [0.2, 0.25) is 0 Å². The van der Waals surface area contributed by atoms with Gasteiger partial charge in [-0.1, -0.05) is 6.07 Å². The summed E-state index contributed by atoms with van der Waals surface area (Å²) >= 11 is 0. The van der Waals surface area contributed by atoms with Crippen LogP contribution in [0.3, 0.4) is 0 Å². The van der Waals surface area contributed by atoms with Gasteiger partial charge in [0.15, 0.2) is 17.3 Å². The number of aromatic nitrogens is 3. The van der Waals surface area contributed by atoms with E-state index < -0.39 is 34.7 Å². The molecule has 38 heavy (non-hydrogen) atoms. The molecule has 2 N–H and O–H groups in total. The van der Waals surface area contributed by atoms with Crippen LogP contribution in [0.15, 0.2) is 58.3 Å². The second-order valence-electron chi connectivity index (χ2n) is 9.34. The number of amides is 1. The molecule has 0 unspecified atom stereocenters. The zero-order valence-electron chi connectivity index (χ0n) is 20.2. The molecule has 2 aromatic heterocycles. The maximum atomic E-state index is 14.0. The van der Waals surface area contributed by atoms with Gasteiger partial charge in [0, 0.05) is 29.3 Å². The topological polar surface area (TPSA) is 106 Å². The maximum Gasteiger partial charge on any atom is 0.337 e. The molecule has 1 aliphatic carbocycles. The molecule has 11 heteroatoms. The standard InChI is InChI=1S/C27H23F3N4O4/c1-14-19(3-2-4-23(14)35)25(36)32-16-5-7-17(8-6-16)34-26(37)20-11-15(28)13-31-24(20)33(27(34)38)18-9-10-21(29)22(30)12-18/h2-4,9-13,16-17,35H,5-8H2,1H3,(H,32,36). The first-order valence-electron chi connectivity index (χ1n) is 12.0. The predicted molar refractivity (Wildman–Crippen MR) is 133 cm³/mol. The summed E-state index contributed by atoms with van der Waals surface area (Å²) in [5.41, 5.74) is -0.976. The molecular formula is C27H23F3N4O4. The van der Waals surface area contributed by atoms with Crippen molar-refractivity contribution in [1.82, 2.24) is 19.4 Å². The fourth-order valence-electron chi connectivity index (χ4n) is 4.97. The smallest absolute Gasteiger partial charge is 0.337 e. The van der Waals surface area contributed by atoms with Crippen LogP contribution in [0.5, 0.6) is 5.75 Å². The zero-order valence-corrected chi connectivity index (χ0v) is 20.2. The summed E-state index contributed by atoms with van der Waals surface area (Å²) in [7, 11) is 0. The van der Waals surface area contributed by atoms with E-state index in [1.54, 1.807) is 19.1 Å². The minimum atomic E-state index is -1.19. The summed E-state index contributed by atoms with van der Waals surface area (Å²) < 4.78 is 43.6. The maximum absolute atomic E-state index is 14.0. The number of carbonyl (C=O) groups excluding carboxylic acids is 1. The second-order valence-corrected chi connectivity index (χ2v) is 9.34. The number of aromatic hydroxyl groups is 1. The molecule has 1 saturated carbocycles. The Kier molecular flexibility index (Phi) is 6.52. The van der Waals surface area contributed by atoms with Crippen LogP contribution < -0.4 is 16.6 Å². The Morgan fingerprint density at radius 1 is 1.03 bits per heavy atom. The summed E-state index contributed by atoms with van der Waals surface area (Å²) in [4.78, 5) is 43.6. The lowest BCUT2D eigenvalue weighted by molar-refractivity contribution is 0.0921. The molecule has 0 atom stereocenters. The third-order valence-electron chi connectivity index (χ3n) is 7.00. The van der Waals surface area contributed by atoms with Gasteiger partial charge in [-0.25, -0.2) is 27.5 Å². The van der Waals surface area contributed by atoms with E-state index in [0.29, 0.717) is 36.8 Å². The number of nitrogens with zero attached hydrogens (tertiary/aromatic N) is 3. The molecule has 0 aliphatic heterocycles. The first-order valence-corrected chi connectivity index (χ1v) is 12.0. The number of phenolic OH excluding ortho intramolecular Hbond substituents is 1. The summed E-state index contributed by atoms with van der Waals surface area (Å²) in [5, 5.41) is 12.6. The lowest BCUT2D eigenvalue weighted by Crippen LogP contribution is -2.45. The van der Waals surface area contributed by atoms with Gasteiger partial charge in [0.25, 0.3) is 11.5 Å². The molecule has 5 rings (SSSR count). The average Bonchev–Trinajstić information content (AvgIpc) is 2.89. The first-order chi connectivity index (χ1) is 18.2. The monoisotopic (exact) mass is 524 g/mol. The number of nitrogens with one attached hydrogen (secondary N) is 1. The molecule has 1 amide bonds. The number of halogens is 3. The number of carbonyl (C=O) groups is 1. The molecule has 8 nitrogen and oxygen atoms in total. The third-order valence-corrected chi connectivity index (χ3v) is 7.00. The van der Waals surface area contributed by atoms with E-state index >= 15 is 0 Å². The Hall–Kier alpha value is -4.41. The normalized spacial score (nSPS) is 17.5. The Balaban J connectivity index is 1.48. The fraction of sp³-hybridized carbons (Fsp3) is 0.259. The van der Waals surface area contributed by atoms with E-state index in [4.69, 9.17) is 0 Å². The number of hydrogen-bond acceptors (Lipinski definition) is 5. The Morgan fingerprint density at radius 2 is 1.76 bits per heavy atom. The largest absolute Gasteiger partial charge is 0.508 e. The van der Waals surface area contributed by atoms with E-state index in [2.05, 4.69) is 10.3 Å². The highest BCUT2D eigenvalue weighted by atomic mass is 19.2. The van der Waals surface area contributed by atoms with Gasteiger partial charge in [-0.3, -0.25) is 14.2 Å². The number of hydrogen-bond donors (Lipinski definition) is 2. The lowest BCUT2D eigenvalue weighted by Gasteiger charge is -2.30. The van der Waals surface area contributed by atoms with Crippen molar-refractivity contribution in [2.45, 2.75) is 44.7 Å². The van der Waals surface area contributed by atoms with Gasteiger partial charge in [-0.2, -0.15) is 0 Å². The molecule has 0 saturated heterocycles. The molecule has 0 bridgehead atoms. The molecule has 1 fully saturated rings. The molecule has 4 aromatic rings. The van der Waals surface area contributed by atoms with E-state index in [1.807, 2.05) is 0 Å². The SMILES string of the molecule is Cc1c(O)cccc1C(=O)NC1CCC(n2c(=O)c3cc(F)cnc3n(-c3ccc(F)c(F)c3)c2=O)CC1. The van der Waals surface area contributed by atoms with Crippen LogP contribution in [0.1, 0.15) is 47.6 Å². The summed E-state index contributed by atoms with van der Waals surface area (Å²) in [6.07, 6.45) is 2.44. The third kappa shape index (κ3) is 4.44. The van der Waals surface area contributed by atoms with Crippen molar-refractivity contribution < 1.29 is 23.1 Å². The van der Waals surface area contributed by atoms with Gasteiger partial charge in [0.05, 0.1) is 17.3 Å². The Morgan fingerprint density at radius 3 is 2.47 bits per heavy atom. The van der Waals surface area contributed by atoms with Gasteiger partial charge >= 0.3 is 5.69 Å². The van der Waals surface area contributed by atoms with E-state index in [0.717, 1.165) is 33.5 Å². The van der Waals surface area contributed by atoms with Crippen LogP contribution in [-0.2, 0) is 0 Å². The van der Waals surface area contributed by atoms with Crippen LogP contribution >= 0.6 is 0 Å². The highest BCUT2D eigenvalue weighted by Gasteiger charge is 2.28. The quantitative estimate of drug-likeness (QED) is 0.421. The molecule has 1 aliphatic rings. The minimum Gasteiger partial charge on any atom is -0.508 e. The van der Waals surface area contributed by atoms with Gasteiger partial charge in [0.2, 0.25) is 0 Å². The van der Waals surface area contributed by atoms with Crippen molar-refractivity contribution in [3.8, 4) is 11.4 Å². The Labute approximate surface area is 214 Å². The van der Waals surface area contributed by atoms with Gasteiger partial charge < -0.3 is 10.4 Å². The Bertz CT molecular complexity index is 1690. The van der Waals surface area contributed by atoms with E-state index in [9.17, 15) is 32.7 Å². The number of rotatable bonds is 4. The summed E-state index contributed by atoms with van der Waals surface area (Å²) in [5.74, 6) is -3.42. The number of fused-ring (bicyclic) bond motifs is 1. The molecular weight excluding hydrogens is 501 g/mol. The van der Waals surface area contributed by atoms with Crippen LogP contribution in [0.25, 0.3) is 16.7 Å². The molecule has 2 aromatic carbocycles. The van der Waals surface area contributed by atoms with Gasteiger partial charge in [-0.05, 0) is 62.9 Å². The van der Waals surface area contributed by atoms with Crippen LogP contribution in [-0.4, -0.2) is 31.2 Å². The lowest BCUT2D eigenvalue weighted by atomic mass is 9.90. The fourth-order valence-corrected chi connectivity index (χ4v) is 4.97. The molecule has 196 valence electrons. The first kappa shape index (κ1) is 25.2. The van der Waals surface area contributed by atoms with Gasteiger partial charge in [-0.15, -0.1) is 0 Å². The van der Waals surface area contributed by atoms with Crippen LogP contribution in [0.4, 0.5) is 13.2 Å². The molecule has 2 heterocycles. The summed E-state index contributed by atoms with van der Waals surface area (Å²) in [6.45, 7) is 1.64. The average molecular weight is 524 g/mol. The second kappa shape index (κ2) is 9.81. The van der Waals surface area contributed by atoms with Gasteiger partial charge in [0.1, 0.15) is 11.6 Å². The minimum absolute atomic E-state index is 0.0141.